The van der Waals surface area contributed by atoms with E-state index in [4.69, 9.17) is 4.74 Å². The predicted molar refractivity (Wildman–Crippen MR) is 56.0 cm³/mol. The van der Waals surface area contributed by atoms with Gasteiger partial charge < -0.3 is 9.47 Å². The van der Waals surface area contributed by atoms with Crippen molar-refractivity contribution in [2.45, 2.75) is 12.8 Å². The van der Waals surface area contributed by atoms with Crippen molar-refractivity contribution in [2.24, 2.45) is 5.92 Å². The highest BCUT2D eigenvalue weighted by Crippen LogP contribution is 2.29. The number of hydrogen-bond donors (Lipinski definition) is 0. The maximum atomic E-state index is 11.2. The normalized spacial score (nSPS) is 14.7. The van der Waals surface area contributed by atoms with Gasteiger partial charge in [0.05, 0.1) is 19.3 Å². The van der Waals surface area contributed by atoms with Gasteiger partial charge in [-0.05, 0) is 37.0 Å². The molecule has 80 valence electrons. The third kappa shape index (κ3) is 2.72. The molecule has 0 aliphatic heterocycles. The van der Waals surface area contributed by atoms with E-state index in [1.54, 1.807) is 18.2 Å². The number of hydrogen-bond acceptors (Lipinski definition) is 3. The molecule has 0 atom stereocenters. The van der Waals surface area contributed by atoms with E-state index in [9.17, 15) is 4.79 Å². The first-order valence-electron chi connectivity index (χ1n) is 5.11. The van der Waals surface area contributed by atoms with Crippen molar-refractivity contribution < 1.29 is 14.3 Å². The molecule has 0 unspecified atom stereocenters. The standard InChI is InChI=1S/C12H14O3/c1-14-12(13)10-3-2-4-11(7-10)15-8-9-5-6-9/h2-4,7,9H,5-6,8H2,1H3. The molecule has 1 saturated carbocycles. The second kappa shape index (κ2) is 4.34. The van der Waals surface area contributed by atoms with Gasteiger partial charge in [-0.3, -0.25) is 0 Å². The molecule has 3 nitrogen and oxygen atoms in total. The van der Waals surface area contributed by atoms with E-state index in [1.807, 2.05) is 6.07 Å². The van der Waals surface area contributed by atoms with Gasteiger partial charge in [-0.2, -0.15) is 0 Å². The van der Waals surface area contributed by atoms with Crippen LogP contribution < -0.4 is 4.74 Å². The summed E-state index contributed by atoms with van der Waals surface area (Å²) in [5.41, 5.74) is 0.533. The van der Waals surface area contributed by atoms with Crippen molar-refractivity contribution in [2.75, 3.05) is 13.7 Å². The summed E-state index contributed by atoms with van der Waals surface area (Å²) < 4.78 is 10.2. The van der Waals surface area contributed by atoms with Gasteiger partial charge in [-0.1, -0.05) is 6.07 Å². The number of methoxy groups -OCH3 is 1. The number of ether oxygens (including phenoxy) is 2. The summed E-state index contributed by atoms with van der Waals surface area (Å²) in [6.45, 7) is 0.755. The summed E-state index contributed by atoms with van der Waals surface area (Å²) in [4.78, 5) is 11.2. The van der Waals surface area contributed by atoms with Gasteiger partial charge in [0, 0.05) is 0 Å². The first kappa shape index (κ1) is 10.0. The minimum Gasteiger partial charge on any atom is -0.493 e. The average molecular weight is 206 g/mol. The summed E-state index contributed by atoms with van der Waals surface area (Å²) in [7, 11) is 1.38. The van der Waals surface area contributed by atoms with Crippen LogP contribution in [0.4, 0.5) is 0 Å². The molecule has 0 aromatic heterocycles. The molecule has 1 aliphatic rings. The van der Waals surface area contributed by atoms with Crippen LogP contribution in [0.1, 0.15) is 23.2 Å². The zero-order valence-electron chi connectivity index (χ0n) is 8.73. The van der Waals surface area contributed by atoms with Crippen LogP contribution in [-0.2, 0) is 4.74 Å². The number of carbonyl (C=O) groups excluding carboxylic acids is 1. The fourth-order valence-corrected chi connectivity index (χ4v) is 1.33. The Balaban J connectivity index is 2.00. The summed E-state index contributed by atoms with van der Waals surface area (Å²) in [6, 6.07) is 7.09. The van der Waals surface area contributed by atoms with Gasteiger partial charge in [-0.25, -0.2) is 4.79 Å². The summed E-state index contributed by atoms with van der Waals surface area (Å²) in [5, 5.41) is 0. The van der Waals surface area contributed by atoms with Gasteiger partial charge in [0.15, 0.2) is 0 Å². The Kier molecular flexibility index (Phi) is 2.90. The zero-order valence-corrected chi connectivity index (χ0v) is 8.73. The van der Waals surface area contributed by atoms with Crippen molar-refractivity contribution in [1.29, 1.82) is 0 Å². The van der Waals surface area contributed by atoms with Crippen molar-refractivity contribution in [3.05, 3.63) is 29.8 Å². The third-order valence-corrected chi connectivity index (χ3v) is 2.44. The molecule has 15 heavy (non-hydrogen) atoms. The van der Waals surface area contributed by atoms with Crippen LogP contribution in [0.5, 0.6) is 5.75 Å². The van der Waals surface area contributed by atoms with Gasteiger partial charge in [-0.15, -0.1) is 0 Å². The second-order valence-electron chi connectivity index (χ2n) is 3.77. The molecule has 1 fully saturated rings. The summed E-state index contributed by atoms with van der Waals surface area (Å²) >= 11 is 0. The maximum Gasteiger partial charge on any atom is 0.337 e. The van der Waals surface area contributed by atoms with Crippen LogP contribution in [0.3, 0.4) is 0 Å². The monoisotopic (exact) mass is 206 g/mol. The predicted octanol–water partition coefficient (Wildman–Crippen LogP) is 2.26. The largest absolute Gasteiger partial charge is 0.493 e. The van der Waals surface area contributed by atoms with Crippen molar-refractivity contribution >= 4 is 5.97 Å². The van der Waals surface area contributed by atoms with E-state index in [1.165, 1.54) is 20.0 Å². The van der Waals surface area contributed by atoms with E-state index in [0.717, 1.165) is 12.4 Å². The Morgan fingerprint density at radius 2 is 2.27 bits per heavy atom. The molecule has 1 aromatic rings. The second-order valence-corrected chi connectivity index (χ2v) is 3.77. The van der Waals surface area contributed by atoms with Crippen LogP contribution in [0, 0.1) is 5.92 Å². The minimum absolute atomic E-state index is 0.327. The molecule has 3 heteroatoms. The molecule has 0 amide bonds. The van der Waals surface area contributed by atoms with Crippen molar-refractivity contribution in [3.63, 3.8) is 0 Å². The van der Waals surface area contributed by atoms with Gasteiger partial charge in [0.25, 0.3) is 0 Å². The van der Waals surface area contributed by atoms with E-state index < -0.39 is 0 Å². The average Bonchev–Trinajstić information content (AvgIpc) is 3.09. The molecule has 0 radical (unpaired) electrons. The molecule has 0 saturated heterocycles. The Bertz CT molecular complexity index is 356. The molecule has 2 rings (SSSR count). The minimum atomic E-state index is -0.327. The van der Waals surface area contributed by atoms with Crippen molar-refractivity contribution in [1.82, 2.24) is 0 Å². The van der Waals surface area contributed by atoms with Crippen LogP contribution >= 0.6 is 0 Å². The van der Waals surface area contributed by atoms with Crippen molar-refractivity contribution in [3.8, 4) is 5.75 Å². The third-order valence-electron chi connectivity index (χ3n) is 2.44. The topological polar surface area (TPSA) is 35.5 Å². The lowest BCUT2D eigenvalue weighted by molar-refractivity contribution is 0.0600. The lowest BCUT2D eigenvalue weighted by Crippen LogP contribution is -2.03. The smallest absolute Gasteiger partial charge is 0.337 e. The molecular formula is C12H14O3. The Morgan fingerprint density at radius 1 is 1.47 bits per heavy atom. The lowest BCUT2D eigenvalue weighted by atomic mass is 10.2. The molecular weight excluding hydrogens is 192 g/mol. The highest BCUT2D eigenvalue weighted by Gasteiger charge is 2.21. The number of carbonyl (C=O) groups is 1. The number of rotatable bonds is 4. The van der Waals surface area contributed by atoms with Crippen LogP contribution in [0.2, 0.25) is 0 Å². The maximum absolute atomic E-state index is 11.2. The first-order valence-corrected chi connectivity index (χ1v) is 5.11. The fraction of sp³-hybridized carbons (Fsp3) is 0.417. The van der Waals surface area contributed by atoms with Crippen LogP contribution in [0.15, 0.2) is 24.3 Å². The van der Waals surface area contributed by atoms with E-state index in [2.05, 4.69) is 4.74 Å². The van der Waals surface area contributed by atoms with Crippen LogP contribution in [0.25, 0.3) is 0 Å². The molecule has 1 aromatic carbocycles. The van der Waals surface area contributed by atoms with E-state index in [-0.39, 0.29) is 5.97 Å². The molecule has 0 spiro atoms. The lowest BCUT2D eigenvalue weighted by Gasteiger charge is -2.06. The number of esters is 1. The Morgan fingerprint density at radius 3 is 2.93 bits per heavy atom. The first-order chi connectivity index (χ1) is 7.29. The quantitative estimate of drug-likeness (QED) is 0.709. The fourth-order valence-electron chi connectivity index (χ4n) is 1.33. The molecule has 0 N–H and O–H groups in total. The number of benzene rings is 1. The van der Waals surface area contributed by atoms with Gasteiger partial charge >= 0.3 is 5.97 Å². The zero-order chi connectivity index (χ0) is 10.7. The van der Waals surface area contributed by atoms with E-state index in [0.29, 0.717) is 11.5 Å². The summed E-state index contributed by atoms with van der Waals surface area (Å²) in [5.74, 6) is 1.13. The molecule has 0 heterocycles. The Labute approximate surface area is 89.0 Å². The molecule has 0 bridgehead atoms. The van der Waals surface area contributed by atoms with Gasteiger partial charge in [0.1, 0.15) is 5.75 Å². The highest BCUT2D eigenvalue weighted by molar-refractivity contribution is 5.89. The van der Waals surface area contributed by atoms with Gasteiger partial charge in [0.2, 0.25) is 0 Å². The molecule has 1 aliphatic carbocycles. The van der Waals surface area contributed by atoms with E-state index >= 15 is 0 Å². The SMILES string of the molecule is COC(=O)c1cccc(OCC2CC2)c1. The summed E-state index contributed by atoms with van der Waals surface area (Å²) in [6.07, 6.45) is 2.52. The van der Waals surface area contributed by atoms with Crippen LogP contribution in [-0.4, -0.2) is 19.7 Å². The Hall–Kier alpha value is -1.51. The highest BCUT2D eigenvalue weighted by atomic mass is 16.5.